The molecule has 4 nitrogen and oxygen atoms in total. The van der Waals surface area contributed by atoms with E-state index >= 15 is 0 Å². The Morgan fingerprint density at radius 1 is 1.38 bits per heavy atom. The van der Waals surface area contributed by atoms with Gasteiger partial charge in [0.05, 0.1) is 19.1 Å². The van der Waals surface area contributed by atoms with Gasteiger partial charge in [0.25, 0.3) is 0 Å². The fraction of sp³-hybridized carbons (Fsp3) is 0.500. The molecule has 1 N–H and O–H groups in total. The zero-order chi connectivity index (χ0) is 15.5. The quantitative estimate of drug-likeness (QED) is 0.925. The van der Waals surface area contributed by atoms with Gasteiger partial charge in [-0.2, -0.15) is 13.2 Å². The standard InChI is InChI=1S/C14H16F3NO3/c15-14(16,17)9-18(6-7-19)13(20)11-5-8-21-12-4-2-1-3-10(11)12/h1-4,11,19H,5-9H2. The lowest BCUT2D eigenvalue weighted by molar-refractivity contribution is -0.163. The van der Waals surface area contributed by atoms with Crippen LogP contribution in [0.4, 0.5) is 13.2 Å². The lowest BCUT2D eigenvalue weighted by Gasteiger charge is -2.31. The van der Waals surface area contributed by atoms with E-state index in [-0.39, 0.29) is 13.2 Å². The summed E-state index contributed by atoms with van der Waals surface area (Å²) < 4.78 is 43.1. The first-order valence-electron chi connectivity index (χ1n) is 6.60. The maximum absolute atomic E-state index is 12.6. The molecule has 1 amide bonds. The largest absolute Gasteiger partial charge is 0.493 e. The molecule has 0 aromatic heterocycles. The smallest absolute Gasteiger partial charge is 0.406 e. The van der Waals surface area contributed by atoms with Crippen LogP contribution in [0.2, 0.25) is 0 Å². The number of benzene rings is 1. The number of carbonyl (C=O) groups excluding carboxylic acids is 1. The van der Waals surface area contributed by atoms with Crippen molar-refractivity contribution in [1.29, 1.82) is 0 Å². The molecule has 116 valence electrons. The summed E-state index contributed by atoms with van der Waals surface area (Å²) in [5.41, 5.74) is 0.596. The third-order valence-corrected chi connectivity index (χ3v) is 3.31. The van der Waals surface area contributed by atoms with Crippen LogP contribution in [0.1, 0.15) is 17.9 Å². The molecule has 0 saturated carbocycles. The van der Waals surface area contributed by atoms with Crippen molar-refractivity contribution in [2.75, 3.05) is 26.3 Å². The van der Waals surface area contributed by atoms with Crippen LogP contribution < -0.4 is 4.74 Å². The van der Waals surface area contributed by atoms with Gasteiger partial charge in [-0.3, -0.25) is 4.79 Å². The highest BCUT2D eigenvalue weighted by Gasteiger charge is 2.37. The van der Waals surface area contributed by atoms with E-state index in [0.29, 0.717) is 22.6 Å². The average molecular weight is 303 g/mol. The number of amides is 1. The number of aliphatic hydroxyl groups excluding tert-OH is 1. The van der Waals surface area contributed by atoms with Gasteiger partial charge in [0.15, 0.2) is 0 Å². The van der Waals surface area contributed by atoms with Gasteiger partial charge in [0.2, 0.25) is 5.91 Å². The van der Waals surface area contributed by atoms with E-state index in [9.17, 15) is 18.0 Å². The zero-order valence-corrected chi connectivity index (χ0v) is 11.3. The Balaban J connectivity index is 2.21. The Kier molecular flexibility index (Phi) is 4.72. The van der Waals surface area contributed by atoms with Crippen LogP contribution >= 0.6 is 0 Å². The first kappa shape index (κ1) is 15.6. The summed E-state index contributed by atoms with van der Waals surface area (Å²) in [6.45, 7) is -1.91. The highest BCUT2D eigenvalue weighted by Crippen LogP contribution is 2.35. The molecule has 1 unspecified atom stereocenters. The number of halogens is 3. The van der Waals surface area contributed by atoms with E-state index in [0.717, 1.165) is 0 Å². The van der Waals surface area contributed by atoms with Crippen molar-refractivity contribution in [3.8, 4) is 5.75 Å². The first-order valence-corrected chi connectivity index (χ1v) is 6.60. The van der Waals surface area contributed by atoms with Crippen LogP contribution in [0.5, 0.6) is 5.75 Å². The molecule has 0 aliphatic carbocycles. The van der Waals surface area contributed by atoms with Crippen LogP contribution in [0.25, 0.3) is 0 Å². The Morgan fingerprint density at radius 3 is 2.76 bits per heavy atom. The second-order valence-corrected chi connectivity index (χ2v) is 4.83. The minimum atomic E-state index is -4.49. The molecule has 1 aliphatic rings. The molecule has 1 aromatic rings. The summed E-state index contributed by atoms with van der Waals surface area (Å²) in [5.74, 6) is -0.765. The van der Waals surface area contributed by atoms with Crippen molar-refractivity contribution in [3.05, 3.63) is 29.8 Å². The first-order chi connectivity index (χ1) is 9.92. The number of hydrogen-bond donors (Lipinski definition) is 1. The van der Waals surface area contributed by atoms with E-state index in [1.54, 1.807) is 24.3 Å². The molecular formula is C14H16F3NO3. The number of aliphatic hydroxyl groups is 1. The zero-order valence-electron chi connectivity index (χ0n) is 11.3. The molecule has 0 bridgehead atoms. The van der Waals surface area contributed by atoms with Gasteiger partial charge in [0.1, 0.15) is 12.3 Å². The highest BCUT2D eigenvalue weighted by molar-refractivity contribution is 5.85. The number of alkyl halides is 3. The molecule has 1 aliphatic heterocycles. The van der Waals surface area contributed by atoms with Crippen molar-refractivity contribution in [2.24, 2.45) is 0 Å². The summed E-state index contributed by atoms with van der Waals surface area (Å²) in [4.78, 5) is 13.0. The SMILES string of the molecule is O=C(C1CCOc2ccccc21)N(CCO)CC(F)(F)F. The van der Waals surface area contributed by atoms with Crippen molar-refractivity contribution in [1.82, 2.24) is 4.90 Å². The van der Waals surface area contributed by atoms with Crippen LogP contribution in [-0.4, -0.2) is 48.4 Å². The third kappa shape index (κ3) is 3.87. The Hall–Kier alpha value is -1.76. The molecule has 0 spiro atoms. The fourth-order valence-electron chi connectivity index (χ4n) is 2.42. The fourth-order valence-corrected chi connectivity index (χ4v) is 2.42. The molecule has 1 heterocycles. The number of hydrogen-bond acceptors (Lipinski definition) is 3. The van der Waals surface area contributed by atoms with E-state index in [1.165, 1.54) is 0 Å². The number of fused-ring (bicyclic) bond motifs is 1. The summed E-state index contributed by atoms with van der Waals surface area (Å²) >= 11 is 0. The van der Waals surface area contributed by atoms with Gasteiger partial charge in [-0.1, -0.05) is 18.2 Å². The normalized spacial score (nSPS) is 17.8. The summed E-state index contributed by atoms with van der Waals surface area (Å²) in [6.07, 6.45) is -4.16. The van der Waals surface area contributed by atoms with E-state index in [2.05, 4.69) is 0 Å². The minimum Gasteiger partial charge on any atom is -0.493 e. The number of nitrogens with zero attached hydrogens (tertiary/aromatic N) is 1. The second kappa shape index (κ2) is 6.34. The highest BCUT2D eigenvalue weighted by atomic mass is 19.4. The van der Waals surface area contributed by atoms with Crippen LogP contribution in [-0.2, 0) is 4.79 Å². The van der Waals surface area contributed by atoms with Crippen molar-refractivity contribution in [2.45, 2.75) is 18.5 Å². The van der Waals surface area contributed by atoms with Gasteiger partial charge < -0.3 is 14.7 Å². The molecule has 7 heteroatoms. The van der Waals surface area contributed by atoms with E-state index < -0.39 is 31.2 Å². The third-order valence-electron chi connectivity index (χ3n) is 3.31. The topological polar surface area (TPSA) is 49.8 Å². The summed E-state index contributed by atoms with van der Waals surface area (Å²) in [7, 11) is 0. The number of carbonyl (C=O) groups is 1. The molecule has 0 fully saturated rings. The predicted octanol–water partition coefficient (Wildman–Crippen LogP) is 1.94. The number of para-hydroxylation sites is 1. The molecular weight excluding hydrogens is 287 g/mol. The van der Waals surface area contributed by atoms with Gasteiger partial charge in [-0.05, 0) is 12.5 Å². The van der Waals surface area contributed by atoms with E-state index in [4.69, 9.17) is 9.84 Å². The van der Waals surface area contributed by atoms with Gasteiger partial charge in [-0.15, -0.1) is 0 Å². The lowest BCUT2D eigenvalue weighted by Crippen LogP contribution is -2.43. The maximum atomic E-state index is 12.6. The van der Waals surface area contributed by atoms with E-state index in [1.807, 2.05) is 0 Å². The molecule has 2 rings (SSSR count). The molecule has 1 atom stereocenters. The number of ether oxygens (including phenoxy) is 1. The molecule has 0 radical (unpaired) electrons. The summed E-state index contributed by atoms with van der Waals surface area (Å²) in [6, 6.07) is 6.83. The monoisotopic (exact) mass is 303 g/mol. The maximum Gasteiger partial charge on any atom is 0.406 e. The van der Waals surface area contributed by atoms with Gasteiger partial charge >= 0.3 is 6.18 Å². The Bertz CT molecular complexity index is 504. The van der Waals surface area contributed by atoms with Gasteiger partial charge in [-0.25, -0.2) is 0 Å². The van der Waals surface area contributed by atoms with Crippen LogP contribution in [0, 0.1) is 0 Å². The Morgan fingerprint density at radius 2 is 2.10 bits per heavy atom. The summed E-state index contributed by atoms with van der Waals surface area (Å²) in [5, 5.41) is 8.89. The van der Waals surface area contributed by atoms with Crippen LogP contribution in [0.15, 0.2) is 24.3 Å². The molecule has 0 saturated heterocycles. The molecule has 21 heavy (non-hydrogen) atoms. The van der Waals surface area contributed by atoms with Gasteiger partial charge in [0, 0.05) is 12.1 Å². The van der Waals surface area contributed by atoms with Crippen LogP contribution in [0.3, 0.4) is 0 Å². The average Bonchev–Trinajstić information content (AvgIpc) is 2.44. The lowest BCUT2D eigenvalue weighted by atomic mass is 9.92. The number of rotatable bonds is 4. The van der Waals surface area contributed by atoms with Crippen molar-refractivity contribution >= 4 is 5.91 Å². The Labute approximate surface area is 120 Å². The predicted molar refractivity (Wildman–Crippen MR) is 69.0 cm³/mol. The van der Waals surface area contributed by atoms with Crippen molar-refractivity contribution in [3.63, 3.8) is 0 Å². The second-order valence-electron chi connectivity index (χ2n) is 4.83. The minimum absolute atomic E-state index is 0.284. The van der Waals surface area contributed by atoms with Crippen molar-refractivity contribution < 1.29 is 27.8 Å². The molecule has 1 aromatic carbocycles.